The Balaban J connectivity index is 1.84. The highest BCUT2D eigenvalue weighted by atomic mass is 16.5. The van der Waals surface area contributed by atoms with E-state index in [0.717, 1.165) is 37.0 Å². The Kier molecular flexibility index (Phi) is 3.28. The van der Waals surface area contributed by atoms with Gasteiger partial charge in [-0.3, -0.25) is 4.79 Å². The van der Waals surface area contributed by atoms with Crippen molar-refractivity contribution in [2.24, 2.45) is 5.41 Å². The zero-order valence-electron chi connectivity index (χ0n) is 11.9. The van der Waals surface area contributed by atoms with Crippen LogP contribution < -0.4 is 4.74 Å². The van der Waals surface area contributed by atoms with Gasteiger partial charge in [-0.15, -0.1) is 0 Å². The minimum Gasteiger partial charge on any atom is -0.497 e. The summed E-state index contributed by atoms with van der Waals surface area (Å²) in [7, 11) is 1.67. The van der Waals surface area contributed by atoms with E-state index < -0.39 is 5.41 Å². The largest absolute Gasteiger partial charge is 0.497 e. The zero-order chi connectivity index (χ0) is 14.2. The van der Waals surface area contributed by atoms with E-state index in [9.17, 15) is 4.79 Å². The van der Waals surface area contributed by atoms with Gasteiger partial charge in [0.05, 0.1) is 12.5 Å². The number of cyclic esters (lactones) is 1. The number of carbonyl (C=O) groups is 1. The highest BCUT2D eigenvalue weighted by molar-refractivity contribution is 5.83. The molecule has 3 nitrogen and oxygen atoms in total. The standard InChI is InChI=1S/C17H20O3/c1-12-11-20-16(18)17(12)9-3-4-14(10-17)13-5-7-15(19-2)8-6-13/h5-8,14H,1,3-4,9-11H2,2H3. The molecule has 0 radical (unpaired) electrons. The van der Waals surface area contributed by atoms with Gasteiger partial charge >= 0.3 is 5.97 Å². The number of benzene rings is 1. The molecule has 1 saturated carbocycles. The Labute approximate surface area is 119 Å². The monoisotopic (exact) mass is 272 g/mol. The molecule has 20 heavy (non-hydrogen) atoms. The second kappa shape index (κ2) is 4.97. The molecule has 0 bridgehead atoms. The molecule has 2 aliphatic rings. The highest BCUT2D eigenvalue weighted by Gasteiger charge is 2.50. The second-order valence-corrected chi connectivity index (χ2v) is 5.83. The summed E-state index contributed by atoms with van der Waals surface area (Å²) in [4.78, 5) is 12.1. The van der Waals surface area contributed by atoms with Crippen molar-refractivity contribution in [1.29, 1.82) is 0 Å². The molecular weight excluding hydrogens is 252 g/mol. The summed E-state index contributed by atoms with van der Waals surface area (Å²) >= 11 is 0. The lowest BCUT2D eigenvalue weighted by Gasteiger charge is -2.35. The molecule has 3 rings (SSSR count). The van der Waals surface area contributed by atoms with Gasteiger partial charge in [0.2, 0.25) is 0 Å². The van der Waals surface area contributed by atoms with Crippen LogP contribution in [0.25, 0.3) is 0 Å². The molecule has 106 valence electrons. The maximum atomic E-state index is 12.1. The van der Waals surface area contributed by atoms with Crippen LogP contribution in [-0.2, 0) is 9.53 Å². The van der Waals surface area contributed by atoms with Crippen LogP contribution >= 0.6 is 0 Å². The summed E-state index contributed by atoms with van der Waals surface area (Å²) in [6.45, 7) is 4.47. The van der Waals surface area contributed by atoms with Crippen molar-refractivity contribution in [3.05, 3.63) is 42.0 Å². The van der Waals surface area contributed by atoms with Gasteiger partial charge in [0.15, 0.2) is 0 Å². The van der Waals surface area contributed by atoms with E-state index in [1.54, 1.807) is 7.11 Å². The predicted molar refractivity (Wildman–Crippen MR) is 76.7 cm³/mol. The zero-order valence-corrected chi connectivity index (χ0v) is 11.9. The fraction of sp³-hybridized carbons (Fsp3) is 0.471. The van der Waals surface area contributed by atoms with Gasteiger partial charge in [0.1, 0.15) is 12.4 Å². The van der Waals surface area contributed by atoms with E-state index in [1.807, 2.05) is 12.1 Å². The summed E-state index contributed by atoms with van der Waals surface area (Å²) in [6, 6.07) is 8.17. The average molecular weight is 272 g/mol. The van der Waals surface area contributed by atoms with Crippen molar-refractivity contribution in [3.63, 3.8) is 0 Å². The number of ether oxygens (including phenoxy) is 2. The van der Waals surface area contributed by atoms with Gasteiger partial charge in [-0.05, 0) is 48.4 Å². The molecule has 1 aromatic rings. The van der Waals surface area contributed by atoms with Gasteiger partial charge in [0, 0.05) is 0 Å². The lowest BCUT2D eigenvalue weighted by atomic mass is 9.65. The molecule has 2 unspecified atom stereocenters. The quantitative estimate of drug-likeness (QED) is 0.611. The van der Waals surface area contributed by atoms with E-state index in [2.05, 4.69) is 18.7 Å². The molecule has 3 heteroatoms. The van der Waals surface area contributed by atoms with E-state index in [1.165, 1.54) is 5.56 Å². The highest BCUT2D eigenvalue weighted by Crippen LogP contribution is 2.51. The summed E-state index contributed by atoms with van der Waals surface area (Å²) in [6.07, 6.45) is 3.88. The van der Waals surface area contributed by atoms with E-state index in [4.69, 9.17) is 9.47 Å². The average Bonchev–Trinajstić information content (AvgIpc) is 2.76. The minimum atomic E-state index is -0.428. The topological polar surface area (TPSA) is 35.5 Å². The van der Waals surface area contributed by atoms with Crippen LogP contribution in [0.2, 0.25) is 0 Å². The lowest BCUT2D eigenvalue weighted by molar-refractivity contribution is -0.147. The first-order valence-corrected chi connectivity index (χ1v) is 7.15. The van der Waals surface area contributed by atoms with Crippen LogP contribution in [-0.4, -0.2) is 19.7 Å². The van der Waals surface area contributed by atoms with E-state index in [-0.39, 0.29) is 5.97 Å². The number of rotatable bonds is 2. The number of hydrogen-bond donors (Lipinski definition) is 0. The summed E-state index contributed by atoms with van der Waals surface area (Å²) in [5, 5.41) is 0. The van der Waals surface area contributed by atoms with Crippen LogP contribution in [0.5, 0.6) is 5.75 Å². The SMILES string of the molecule is C=C1COC(=O)C12CCCC(c1ccc(OC)cc1)C2. The molecule has 1 saturated heterocycles. The fourth-order valence-corrected chi connectivity index (χ4v) is 3.52. The molecule has 1 aliphatic carbocycles. The van der Waals surface area contributed by atoms with Gasteiger partial charge in [0.25, 0.3) is 0 Å². The molecule has 1 aliphatic heterocycles. The van der Waals surface area contributed by atoms with Crippen LogP contribution in [0.4, 0.5) is 0 Å². The Morgan fingerprint density at radius 3 is 2.70 bits per heavy atom. The van der Waals surface area contributed by atoms with Crippen molar-refractivity contribution >= 4 is 5.97 Å². The molecule has 2 fully saturated rings. The molecule has 0 aromatic heterocycles. The molecular formula is C17H20O3. The first-order valence-electron chi connectivity index (χ1n) is 7.15. The van der Waals surface area contributed by atoms with E-state index >= 15 is 0 Å². The fourth-order valence-electron chi connectivity index (χ4n) is 3.52. The Hall–Kier alpha value is -1.77. The van der Waals surface area contributed by atoms with Crippen LogP contribution in [0.1, 0.15) is 37.2 Å². The van der Waals surface area contributed by atoms with Gasteiger partial charge < -0.3 is 9.47 Å². The molecule has 1 spiro atoms. The maximum Gasteiger partial charge on any atom is 0.316 e. The maximum absolute atomic E-state index is 12.1. The smallest absolute Gasteiger partial charge is 0.316 e. The molecule has 1 aromatic carbocycles. The molecule has 0 amide bonds. The van der Waals surface area contributed by atoms with Crippen molar-refractivity contribution in [2.45, 2.75) is 31.6 Å². The summed E-state index contributed by atoms with van der Waals surface area (Å²) in [5.41, 5.74) is 1.81. The van der Waals surface area contributed by atoms with Crippen LogP contribution in [0, 0.1) is 5.41 Å². The second-order valence-electron chi connectivity index (χ2n) is 5.83. The van der Waals surface area contributed by atoms with Crippen molar-refractivity contribution in [1.82, 2.24) is 0 Å². The van der Waals surface area contributed by atoms with Crippen molar-refractivity contribution in [3.8, 4) is 5.75 Å². The van der Waals surface area contributed by atoms with Gasteiger partial charge in [-0.25, -0.2) is 0 Å². The normalized spacial score (nSPS) is 29.6. The molecule has 1 heterocycles. The van der Waals surface area contributed by atoms with Gasteiger partial charge in [-0.1, -0.05) is 25.1 Å². The summed E-state index contributed by atoms with van der Waals surface area (Å²) < 4.78 is 10.4. The third-order valence-corrected chi connectivity index (χ3v) is 4.78. The summed E-state index contributed by atoms with van der Waals surface area (Å²) in [5.74, 6) is 1.20. The first kappa shape index (κ1) is 13.2. The Bertz CT molecular complexity index is 514. The van der Waals surface area contributed by atoms with Crippen LogP contribution in [0.15, 0.2) is 36.4 Å². The molecule has 2 atom stereocenters. The van der Waals surface area contributed by atoms with Gasteiger partial charge in [-0.2, -0.15) is 0 Å². The number of carbonyl (C=O) groups excluding carboxylic acids is 1. The predicted octanol–water partition coefficient (Wildman–Crippen LogP) is 3.45. The number of esters is 1. The number of hydrogen-bond acceptors (Lipinski definition) is 3. The lowest BCUT2D eigenvalue weighted by Crippen LogP contribution is -2.33. The first-order chi connectivity index (χ1) is 9.65. The number of methoxy groups -OCH3 is 1. The van der Waals surface area contributed by atoms with E-state index in [0.29, 0.717) is 12.5 Å². The van der Waals surface area contributed by atoms with Crippen molar-refractivity contribution in [2.75, 3.05) is 13.7 Å². The minimum absolute atomic E-state index is 0.0688. The van der Waals surface area contributed by atoms with Crippen molar-refractivity contribution < 1.29 is 14.3 Å². The Morgan fingerprint density at radius 1 is 1.35 bits per heavy atom. The Morgan fingerprint density at radius 2 is 2.10 bits per heavy atom. The third kappa shape index (κ3) is 2.01. The molecule has 0 N–H and O–H groups in total. The third-order valence-electron chi connectivity index (χ3n) is 4.78. The van der Waals surface area contributed by atoms with Crippen LogP contribution in [0.3, 0.4) is 0 Å².